The molecular formula is C31H33Cl2FN4O4S. The Kier molecular flexibility index (Phi) is 9.31. The van der Waals surface area contributed by atoms with Crippen LogP contribution in [0.3, 0.4) is 0 Å². The number of piperazine rings is 1. The predicted octanol–water partition coefficient (Wildman–Crippen LogP) is 6.30. The first-order valence-electron chi connectivity index (χ1n) is 14.2. The van der Waals surface area contributed by atoms with Crippen LogP contribution in [0.25, 0.3) is 0 Å². The van der Waals surface area contributed by atoms with E-state index in [4.69, 9.17) is 23.2 Å². The molecule has 2 heterocycles. The highest BCUT2D eigenvalue weighted by molar-refractivity contribution is 7.89. The second kappa shape index (κ2) is 12.8. The molecule has 0 bridgehead atoms. The van der Waals surface area contributed by atoms with Crippen molar-refractivity contribution >= 4 is 56.4 Å². The van der Waals surface area contributed by atoms with Crippen molar-refractivity contribution in [1.82, 2.24) is 9.21 Å². The highest BCUT2D eigenvalue weighted by Crippen LogP contribution is 2.31. The molecule has 0 saturated carbocycles. The molecule has 0 spiro atoms. The van der Waals surface area contributed by atoms with E-state index >= 15 is 0 Å². The largest absolute Gasteiger partial charge is 0.369 e. The molecule has 2 unspecified atom stereocenters. The van der Waals surface area contributed by atoms with Crippen molar-refractivity contribution in [2.24, 2.45) is 0 Å². The van der Waals surface area contributed by atoms with Gasteiger partial charge in [0, 0.05) is 54.5 Å². The standard InChI is InChI=1S/C31H33Cl2FN4O4S/c1-20-4-3-5-21(2)38(20)31(40)26-19-23(32)7-13-28(26)35-30(39)22-6-12-27(33)29(18-22)43(41,42)37-16-14-36(15-17-37)25-10-8-24(34)9-11-25/h6-13,18-21H,3-5,14-17H2,1-2H3,(H,35,39). The third-order valence-corrected chi connectivity index (χ3v) is 10.7. The first-order valence-corrected chi connectivity index (χ1v) is 16.4. The Balaban J connectivity index is 1.35. The number of halogens is 3. The third-order valence-electron chi connectivity index (χ3n) is 8.13. The van der Waals surface area contributed by atoms with Crippen molar-refractivity contribution in [1.29, 1.82) is 0 Å². The Morgan fingerprint density at radius 1 is 0.884 bits per heavy atom. The molecule has 8 nitrogen and oxygen atoms in total. The maximum Gasteiger partial charge on any atom is 0.256 e. The van der Waals surface area contributed by atoms with Gasteiger partial charge in [0.15, 0.2) is 0 Å². The number of anilines is 2. The summed E-state index contributed by atoms with van der Waals surface area (Å²) in [6.07, 6.45) is 2.82. The molecule has 2 aliphatic heterocycles. The smallest absolute Gasteiger partial charge is 0.256 e. The fourth-order valence-corrected chi connectivity index (χ4v) is 7.87. The number of carbonyl (C=O) groups excluding carboxylic acids is 2. The lowest BCUT2D eigenvalue weighted by Gasteiger charge is -2.39. The van der Waals surface area contributed by atoms with Gasteiger partial charge >= 0.3 is 0 Å². The van der Waals surface area contributed by atoms with Crippen LogP contribution in [0.5, 0.6) is 0 Å². The number of piperidine rings is 1. The molecule has 0 aromatic heterocycles. The van der Waals surface area contributed by atoms with Crippen LogP contribution in [-0.2, 0) is 10.0 Å². The minimum Gasteiger partial charge on any atom is -0.369 e. The molecule has 2 aliphatic rings. The number of likely N-dealkylation sites (tertiary alicyclic amines) is 1. The first-order chi connectivity index (χ1) is 20.5. The molecule has 43 heavy (non-hydrogen) atoms. The fourth-order valence-electron chi connectivity index (χ4n) is 5.78. The molecule has 2 atom stereocenters. The highest BCUT2D eigenvalue weighted by atomic mass is 35.5. The lowest BCUT2D eigenvalue weighted by atomic mass is 9.96. The van der Waals surface area contributed by atoms with Gasteiger partial charge in [-0.05, 0) is 93.8 Å². The van der Waals surface area contributed by atoms with Crippen LogP contribution in [-0.4, -0.2) is 67.7 Å². The zero-order valence-electron chi connectivity index (χ0n) is 23.9. The van der Waals surface area contributed by atoms with Gasteiger partial charge in [-0.1, -0.05) is 23.2 Å². The average molecular weight is 648 g/mol. The molecule has 2 saturated heterocycles. The van der Waals surface area contributed by atoms with Crippen molar-refractivity contribution < 1.29 is 22.4 Å². The van der Waals surface area contributed by atoms with E-state index in [9.17, 15) is 22.4 Å². The van der Waals surface area contributed by atoms with Gasteiger partial charge in [0.1, 0.15) is 10.7 Å². The van der Waals surface area contributed by atoms with E-state index in [-0.39, 0.29) is 63.6 Å². The fraction of sp³-hybridized carbons (Fsp3) is 0.355. The first kappa shape index (κ1) is 31.3. The van der Waals surface area contributed by atoms with Crippen LogP contribution < -0.4 is 10.2 Å². The summed E-state index contributed by atoms with van der Waals surface area (Å²) in [4.78, 5) is 30.7. The summed E-state index contributed by atoms with van der Waals surface area (Å²) in [5, 5.41) is 3.13. The maximum absolute atomic E-state index is 13.6. The van der Waals surface area contributed by atoms with E-state index in [1.807, 2.05) is 23.6 Å². The van der Waals surface area contributed by atoms with Crippen molar-refractivity contribution in [3.05, 3.63) is 87.7 Å². The predicted molar refractivity (Wildman–Crippen MR) is 167 cm³/mol. The second-order valence-corrected chi connectivity index (χ2v) is 13.7. The monoisotopic (exact) mass is 646 g/mol. The van der Waals surface area contributed by atoms with Crippen LogP contribution in [0.15, 0.2) is 65.6 Å². The van der Waals surface area contributed by atoms with E-state index in [1.165, 1.54) is 40.7 Å². The van der Waals surface area contributed by atoms with E-state index in [2.05, 4.69) is 5.32 Å². The molecule has 0 radical (unpaired) electrons. The zero-order valence-corrected chi connectivity index (χ0v) is 26.2. The number of hydrogen-bond acceptors (Lipinski definition) is 5. The molecule has 12 heteroatoms. The lowest BCUT2D eigenvalue weighted by Crippen LogP contribution is -2.48. The number of nitrogens with zero attached hydrogens (tertiary/aromatic N) is 3. The van der Waals surface area contributed by atoms with E-state index in [0.29, 0.717) is 18.1 Å². The quantitative estimate of drug-likeness (QED) is 0.340. The molecule has 5 rings (SSSR count). The highest BCUT2D eigenvalue weighted by Gasteiger charge is 2.33. The number of hydrogen-bond donors (Lipinski definition) is 1. The van der Waals surface area contributed by atoms with Crippen LogP contribution in [0.2, 0.25) is 10.0 Å². The number of nitrogens with one attached hydrogen (secondary N) is 1. The van der Waals surface area contributed by atoms with Crippen LogP contribution >= 0.6 is 23.2 Å². The minimum absolute atomic E-state index is 0.00653. The molecule has 3 aromatic carbocycles. The van der Waals surface area contributed by atoms with E-state index in [1.54, 1.807) is 24.3 Å². The van der Waals surface area contributed by atoms with Crippen LogP contribution in [0.4, 0.5) is 15.8 Å². The summed E-state index contributed by atoms with van der Waals surface area (Å²) in [7, 11) is -4.03. The topological polar surface area (TPSA) is 90.0 Å². The van der Waals surface area contributed by atoms with Crippen LogP contribution in [0, 0.1) is 5.82 Å². The SMILES string of the molecule is CC1CCCC(C)N1C(=O)c1cc(Cl)ccc1NC(=O)c1ccc(Cl)c(S(=O)(=O)N2CCN(c3ccc(F)cc3)CC2)c1. The molecule has 2 amide bonds. The lowest BCUT2D eigenvalue weighted by molar-refractivity contribution is 0.0512. The summed E-state index contributed by atoms with van der Waals surface area (Å²) < 4.78 is 41.9. The molecular weight excluding hydrogens is 614 g/mol. The summed E-state index contributed by atoms with van der Waals surface area (Å²) in [6, 6.07) is 14.9. The Bertz CT molecular complexity index is 1620. The zero-order chi connectivity index (χ0) is 30.9. The molecule has 1 N–H and O–H groups in total. The Labute approximate surface area is 261 Å². The Hall–Kier alpha value is -3.18. The van der Waals surface area contributed by atoms with Crippen molar-refractivity contribution in [3.8, 4) is 0 Å². The number of carbonyl (C=O) groups is 2. The number of amides is 2. The van der Waals surface area contributed by atoms with Gasteiger partial charge in [0.05, 0.1) is 16.3 Å². The third kappa shape index (κ3) is 6.67. The number of sulfonamides is 1. The summed E-state index contributed by atoms with van der Waals surface area (Å²) in [6.45, 7) is 5.21. The van der Waals surface area contributed by atoms with E-state index in [0.717, 1.165) is 24.9 Å². The normalized spacial score (nSPS) is 19.7. The summed E-state index contributed by atoms with van der Waals surface area (Å²) in [5.74, 6) is -1.16. The van der Waals surface area contributed by atoms with Gasteiger partial charge in [0.2, 0.25) is 10.0 Å². The van der Waals surface area contributed by atoms with Gasteiger partial charge in [-0.3, -0.25) is 9.59 Å². The molecule has 228 valence electrons. The number of rotatable bonds is 6. The molecule has 0 aliphatic carbocycles. The van der Waals surface area contributed by atoms with Gasteiger partial charge in [-0.2, -0.15) is 4.31 Å². The van der Waals surface area contributed by atoms with Crippen molar-refractivity contribution in [2.45, 2.75) is 50.1 Å². The molecule has 2 fully saturated rings. The maximum atomic E-state index is 13.6. The van der Waals surface area contributed by atoms with Crippen molar-refractivity contribution in [2.75, 3.05) is 36.4 Å². The van der Waals surface area contributed by atoms with Gasteiger partial charge < -0.3 is 15.1 Å². The van der Waals surface area contributed by atoms with E-state index < -0.39 is 15.9 Å². The average Bonchev–Trinajstić information content (AvgIpc) is 2.98. The van der Waals surface area contributed by atoms with Crippen LogP contribution in [0.1, 0.15) is 53.8 Å². The Morgan fingerprint density at radius 2 is 1.53 bits per heavy atom. The summed E-state index contributed by atoms with van der Waals surface area (Å²) >= 11 is 12.6. The number of benzene rings is 3. The second-order valence-electron chi connectivity index (χ2n) is 11.0. The van der Waals surface area contributed by atoms with Gasteiger partial charge in [0.25, 0.3) is 11.8 Å². The molecule has 3 aromatic rings. The van der Waals surface area contributed by atoms with Gasteiger partial charge in [-0.25, -0.2) is 12.8 Å². The minimum atomic E-state index is -4.03. The van der Waals surface area contributed by atoms with Crippen molar-refractivity contribution in [3.63, 3.8) is 0 Å². The Morgan fingerprint density at radius 3 is 2.19 bits per heavy atom. The van der Waals surface area contributed by atoms with Gasteiger partial charge in [-0.15, -0.1) is 0 Å². The summed E-state index contributed by atoms with van der Waals surface area (Å²) in [5.41, 5.74) is 1.42.